The van der Waals surface area contributed by atoms with Gasteiger partial charge in [-0.2, -0.15) is 0 Å². The van der Waals surface area contributed by atoms with Crippen molar-refractivity contribution in [2.75, 3.05) is 26.2 Å². The van der Waals surface area contributed by atoms with E-state index in [-0.39, 0.29) is 17.4 Å². The zero-order valence-corrected chi connectivity index (χ0v) is 15.3. The normalized spacial score (nSPS) is 18.6. The fourth-order valence-corrected chi connectivity index (χ4v) is 4.20. The van der Waals surface area contributed by atoms with Crippen molar-refractivity contribution in [1.82, 2.24) is 9.80 Å². The Kier molecular flexibility index (Phi) is 5.32. The molecule has 4 rings (SSSR count). The van der Waals surface area contributed by atoms with Crippen LogP contribution in [0.4, 0.5) is 8.78 Å². The molecule has 2 heterocycles. The maximum atomic E-state index is 13.9. The van der Waals surface area contributed by atoms with Crippen molar-refractivity contribution in [3.63, 3.8) is 0 Å². The Morgan fingerprint density at radius 3 is 2.41 bits per heavy atom. The summed E-state index contributed by atoms with van der Waals surface area (Å²) in [7, 11) is 0. The topological polar surface area (TPSA) is 23.6 Å². The van der Waals surface area contributed by atoms with Gasteiger partial charge in [0.05, 0.1) is 6.54 Å². The average molecular weight is 370 g/mol. The van der Waals surface area contributed by atoms with E-state index in [0.717, 1.165) is 50.1 Å². The zero-order valence-electron chi connectivity index (χ0n) is 15.3. The lowest BCUT2D eigenvalue weighted by molar-refractivity contribution is 0.0875. The van der Waals surface area contributed by atoms with Crippen LogP contribution in [-0.2, 0) is 13.1 Å². The second kappa shape index (κ2) is 7.87. The van der Waals surface area contributed by atoms with Crippen LogP contribution in [-0.4, -0.2) is 41.8 Å². The summed E-state index contributed by atoms with van der Waals surface area (Å²) in [6.45, 7) is 4.69. The molecule has 0 unspecified atom stereocenters. The van der Waals surface area contributed by atoms with Crippen molar-refractivity contribution in [3.05, 3.63) is 70.8 Å². The minimum Gasteiger partial charge on any atom is -0.296 e. The number of ketones is 1. The Bertz CT molecular complexity index is 814. The molecule has 0 aliphatic carbocycles. The van der Waals surface area contributed by atoms with Crippen LogP contribution in [0.3, 0.4) is 0 Å². The largest absolute Gasteiger partial charge is 0.296 e. The van der Waals surface area contributed by atoms with Crippen molar-refractivity contribution in [2.45, 2.75) is 25.9 Å². The Morgan fingerprint density at radius 2 is 1.70 bits per heavy atom. The van der Waals surface area contributed by atoms with Gasteiger partial charge in [-0.15, -0.1) is 0 Å². The Labute approximate surface area is 158 Å². The van der Waals surface area contributed by atoms with Gasteiger partial charge in [0.15, 0.2) is 5.78 Å². The molecule has 0 saturated carbocycles. The zero-order chi connectivity index (χ0) is 18.8. The van der Waals surface area contributed by atoms with Crippen LogP contribution in [0.5, 0.6) is 0 Å². The van der Waals surface area contributed by atoms with Crippen LogP contribution < -0.4 is 0 Å². The van der Waals surface area contributed by atoms with E-state index < -0.39 is 0 Å². The fraction of sp³-hybridized carbons (Fsp3) is 0.409. The number of piperidine rings is 1. The van der Waals surface area contributed by atoms with E-state index in [1.807, 2.05) is 6.07 Å². The lowest BCUT2D eigenvalue weighted by atomic mass is 9.96. The summed E-state index contributed by atoms with van der Waals surface area (Å²) < 4.78 is 26.9. The van der Waals surface area contributed by atoms with Crippen LogP contribution in [0.25, 0.3) is 0 Å². The van der Waals surface area contributed by atoms with Crippen LogP contribution in [0.1, 0.15) is 34.3 Å². The van der Waals surface area contributed by atoms with E-state index in [9.17, 15) is 13.6 Å². The molecule has 2 aromatic carbocycles. The molecule has 0 bridgehead atoms. The number of hydrogen-bond donors (Lipinski definition) is 0. The van der Waals surface area contributed by atoms with Gasteiger partial charge in [0, 0.05) is 30.8 Å². The molecule has 0 radical (unpaired) electrons. The number of halogens is 2. The average Bonchev–Trinajstić information content (AvgIpc) is 3.08. The van der Waals surface area contributed by atoms with E-state index in [4.69, 9.17) is 0 Å². The number of fused-ring (bicyclic) bond motifs is 1. The molecular formula is C22H24F2N2O. The summed E-state index contributed by atoms with van der Waals surface area (Å²) in [4.78, 5) is 16.8. The number of hydrogen-bond acceptors (Lipinski definition) is 3. The molecule has 0 N–H and O–H groups in total. The number of likely N-dealkylation sites (tertiary alicyclic amines) is 1. The molecule has 1 fully saturated rings. The summed E-state index contributed by atoms with van der Waals surface area (Å²) in [6, 6.07) is 11.1. The minimum absolute atomic E-state index is 0.0407. The SMILES string of the molecule is O=C(CN1CCC(CN2Cc3cccc(F)c3C2)CC1)c1ccc(F)cc1. The summed E-state index contributed by atoms with van der Waals surface area (Å²) >= 11 is 0. The quantitative estimate of drug-likeness (QED) is 0.747. The first-order valence-corrected chi connectivity index (χ1v) is 9.58. The van der Waals surface area contributed by atoms with Crippen molar-refractivity contribution in [2.24, 2.45) is 5.92 Å². The molecule has 2 aliphatic heterocycles. The van der Waals surface area contributed by atoms with Gasteiger partial charge in [-0.1, -0.05) is 12.1 Å². The van der Waals surface area contributed by atoms with E-state index >= 15 is 0 Å². The van der Waals surface area contributed by atoms with Crippen LogP contribution >= 0.6 is 0 Å². The third kappa shape index (κ3) is 4.25. The second-order valence-electron chi connectivity index (χ2n) is 7.70. The van der Waals surface area contributed by atoms with Gasteiger partial charge in [-0.05, 0) is 67.7 Å². The molecule has 27 heavy (non-hydrogen) atoms. The number of benzene rings is 2. The van der Waals surface area contributed by atoms with E-state index in [2.05, 4.69) is 9.80 Å². The van der Waals surface area contributed by atoms with Crippen molar-refractivity contribution < 1.29 is 13.6 Å². The molecule has 0 aromatic heterocycles. The molecular weight excluding hydrogens is 346 g/mol. The number of carbonyl (C=O) groups excluding carboxylic acids is 1. The maximum Gasteiger partial charge on any atom is 0.176 e. The van der Waals surface area contributed by atoms with Crippen molar-refractivity contribution in [3.8, 4) is 0 Å². The highest BCUT2D eigenvalue weighted by Gasteiger charge is 2.27. The van der Waals surface area contributed by atoms with Gasteiger partial charge in [0.25, 0.3) is 0 Å². The first-order valence-electron chi connectivity index (χ1n) is 9.58. The van der Waals surface area contributed by atoms with E-state index in [1.165, 1.54) is 12.1 Å². The van der Waals surface area contributed by atoms with Gasteiger partial charge < -0.3 is 0 Å². The molecule has 0 atom stereocenters. The summed E-state index contributed by atoms with van der Waals surface area (Å²) in [5, 5.41) is 0. The van der Waals surface area contributed by atoms with Gasteiger partial charge in [0.2, 0.25) is 0 Å². The third-order valence-corrected chi connectivity index (χ3v) is 5.75. The van der Waals surface area contributed by atoms with Crippen molar-refractivity contribution in [1.29, 1.82) is 0 Å². The third-order valence-electron chi connectivity index (χ3n) is 5.75. The first-order chi connectivity index (χ1) is 13.1. The van der Waals surface area contributed by atoms with E-state index in [0.29, 0.717) is 24.6 Å². The van der Waals surface area contributed by atoms with Crippen LogP contribution in [0, 0.1) is 17.6 Å². The predicted molar refractivity (Wildman–Crippen MR) is 100 cm³/mol. The lowest BCUT2D eigenvalue weighted by Gasteiger charge is -2.33. The minimum atomic E-state index is -0.323. The standard InChI is InChI=1S/C22H24F2N2O/c23-19-6-4-17(5-7-19)22(27)15-25-10-8-16(9-11-25)12-26-13-18-2-1-3-21(24)20(18)14-26/h1-7,16H,8-15H2. The van der Waals surface area contributed by atoms with Gasteiger partial charge >= 0.3 is 0 Å². The number of Topliss-reactive ketones (excluding diaryl/α,β-unsaturated/α-hetero) is 1. The number of rotatable bonds is 5. The Balaban J connectivity index is 1.24. The maximum absolute atomic E-state index is 13.9. The van der Waals surface area contributed by atoms with Crippen LogP contribution in [0.15, 0.2) is 42.5 Å². The van der Waals surface area contributed by atoms with Crippen molar-refractivity contribution >= 4 is 5.78 Å². The molecule has 142 valence electrons. The van der Waals surface area contributed by atoms with Crippen LogP contribution in [0.2, 0.25) is 0 Å². The summed E-state index contributed by atoms with van der Waals surface area (Å²) in [5.74, 6) is 0.207. The number of carbonyl (C=O) groups is 1. The summed E-state index contributed by atoms with van der Waals surface area (Å²) in [6.07, 6.45) is 2.10. The molecule has 0 spiro atoms. The smallest absolute Gasteiger partial charge is 0.176 e. The highest BCUT2D eigenvalue weighted by Crippen LogP contribution is 2.28. The monoisotopic (exact) mass is 370 g/mol. The molecule has 5 heteroatoms. The van der Waals surface area contributed by atoms with E-state index in [1.54, 1.807) is 24.3 Å². The molecule has 0 amide bonds. The highest BCUT2D eigenvalue weighted by molar-refractivity contribution is 5.97. The molecule has 2 aromatic rings. The molecule has 3 nitrogen and oxygen atoms in total. The molecule has 2 aliphatic rings. The first kappa shape index (κ1) is 18.3. The van der Waals surface area contributed by atoms with Gasteiger partial charge in [-0.3, -0.25) is 14.6 Å². The van der Waals surface area contributed by atoms with Gasteiger partial charge in [-0.25, -0.2) is 8.78 Å². The lowest BCUT2D eigenvalue weighted by Crippen LogP contribution is -2.40. The Morgan fingerprint density at radius 1 is 0.963 bits per heavy atom. The number of nitrogens with zero attached hydrogens (tertiary/aromatic N) is 2. The Hall–Kier alpha value is -2.11. The molecule has 1 saturated heterocycles. The summed E-state index contributed by atoms with van der Waals surface area (Å²) in [5.41, 5.74) is 2.52. The highest BCUT2D eigenvalue weighted by atomic mass is 19.1. The second-order valence-corrected chi connectivity index (χ2v) is 7.70. The predicted octanol–water partition coefficient (Wildman–Crippen LogP) is 3.88. The van der Waals surface area contributed by atoms with Gasteiger partial charge in [0.1, 0.15) is 11.6 Å². The fourth-order valence-electron chi connectivity index (χ4n) is 4.20.